The summed E-state index contributed by atoms with van der Waals surface area (Å²) in [5.74, 6) is 1.67. The van der Waals surface area contributed by atoms with E-state index in [9.17, 15) is 4.39 Å². The molecule has 0 aliphatic heterocycles. The highest BCUT2D eigenvalue weighted by Crippen LogP contribution is 2.17. The van der Waals surface area contributed by atoms with Gasteiger partial charge in [-0.25, -0.2) is 9.38 Å². The van der Waals surface area contributed by atoms with Crippen molar-refractivity contribution in [2.75, 3.05) is 12.8 Å². The second-order valence-electron chi connectivity index (χ2n) is 5.16. The van der Waals surface area contributed by atoms with E-state index in [0.717, 1.165) is 29.8 Å². The molecule has 0 bridgehead atoms. The standard InChI is InChI=1S/C15H24FN3S/c1-11(2)6-7-18-15(17)19-9-12-4-5-14(16)8-13(12)10-20-3/h4-5,8,11H,6-7,9-10H2,1-3H3,(H3,17,18,19). The van der Waals surface area contributed by atoms with Crippen LogP contribution in [-0.2, 0) is 12.3 Å². The van der Waals surface area contributed by atoms with Crippen LogP contribution in [0, 0.1) is 11.7 Å². The topological polar surface area (TPSA) is 50.4 Å². The second kappa shape index (κ2) is 8.84. The molecular formula is C15H24FN3S. The first-order chi connectivity index (χ1) is 9.52. The Morgan fingerprint density at radius 3 is 2.80 bits per heavy atom. The van der Waals surface area contributed by atoms with E-state index in [4.69, 9.17) is 5.73 Å². The molecule has 0 aliphatic carbocycles. The maximum atomic E-state index is 13.2. The Labute approximate surface area is 125 Å². The minimum absolute atomic E-state index is 0.204. The van der Waals surface area contributed by atoms with E-state index < -0.39 is 0 Å². The highest BCUT2D eigenvalue weighted by Gasteiger charge is 2.04. The smallest absolute Gasteiger partial charge is 0.188 e. The van der Waals surface area contributed by atoms with Crippen LogP contribution in [0.3, 0.4) is 0 Å². The number of nitrogens with zero attached hydrogens (tertiary/aromatic N) is 1. The molecule has 3 nitrogen and oxygen atoms in total. The molecule has 0 unspecified atom stereocenters. The lowest BCUT2D eigenvalue weighted by Gasteiger charge is -2.09. The SMILES string of the molecule is CSCc1cc(F)ccc1CN=C(N)NCCC(C)C. The molecule has 0 saturated carbocycles. The number of nitrogens with one attached hydrogen (secondary N) is 1. The molecule has 0 heterocycles. The first-order valence-electron chi connectivity index (χ1n) is 6.83. The van der Waals surface area contributed by atoms with Gasteiger partial charge in [0, 0.05) is 12.3 Å². The van der Waals surface area contributed by atoms with Gasteiger partial charge in [-0.2, -0.15) is 11.8 Å². The van der Waals surface area contributed by atoms with Crippen LogP contribution >= 0.6 is 11.8 Å². The van der Waals surface area contributed by atoms with E-state index in [1.807, 2.05) is 6.26 Å². The fourth-order valence-electron chi connectivity index (χ4n) is 1.75. The summed E-state index contributed by atoms with van der Waals surface area (Å²) in [6.45, 7) is 5.65. The summed E-state index contributed by atoms with van der Waals surface area (Å²) in [7, 11) is 0. The van der Waals surface area contributed by atoms with Crippen LogP contribution in [0.2, 0.25) is 0 Å². The maximum absolute atomic E-state index is 13.2. The van der Waals surface area contributed by atoms with Gasteiger partial charge < -0.3 is 11.1 Å². The fourth-order valence-corrected chi connectivity index (χ4v) is 2.33. The Bertz CT molecular complexity index is 447. The molecule has 0 fully saturated rings. The monoisotopic (exact) mass is 297 g/mol. The molecule has 0 saturated heterocycles. The van der Waals surface area contributed by atoms with E-state index in [1.165, 1.54) is 6.07 Å². The number of nitrogens with two attached hydrogens (primary N) is 1. The zero-order chi connectivity index (χ0) is 15.0. The van der Waals surface area contributed by atoms with E-state index in [1.54, 1.807) is 23.9 Å². The highest BCUT2D eigenvalue weighted by molar-refractivity contribution is 7.97. The summed E-state index contributed by atoms with van der Waals surface area (Å²) in [4.78, 5) is 4.32. The molecule has 1 aromatic rings. The number of guanidine groups is 1. The van der Waals surface area contributed by atoms with Gasteiger partial charge in [-0.15, -0.1) is 0 Å². The van der Waals surface area contributed by atoms with Gasteiger partial charge in [-0.1, -0.05) is 19.9 Å². The third-order valence-electron chi connectivity index (χ3n) is 2.92. The van der Waals surface area contributed by atoms with Gasteiger partial charge in [-0.05, 0) is 41.9 Å². The van der Waals surface area contributed by atoms with Crippen molar-refractivity contribution in [3.8, 4) is 0 Å². The summed E-state index contributed by atoms with van der Waals surface area (Å²) in [6, 6.07) is 4.83. The quantitative estimate of drug-likeness (QED) is 0.600. The molecule has 112 valence electrons. The lowest BCUT2D eigenvalue weighted by atomic mass is 10.1. The van der Waals surface area contributed by atoms with E-state index in [0.29, 0.717) is 18.4 Å². The number of rotatable bonds is 7. The molecule has 1 aromatic carbocycles. The van der Waals surface area contributed by atoms with Gasteiger partial charge in [0.2, 0.25) is 0 Å². The van der Waals surface area contributed by atoms with Crippen LogP contribution in [0.5, 0.6) is 0 Å². The largest absolute Gasteiger partial charge is 0.370 e. The van der Waals surface area contributed by atoms with Gasteiger partial charge in [0.25, 0.3) is 0 Å². The molecule has 5 heteroatoms. The van der Waals surface area contributed by atoms with Crippen molar-refractivity contribution in [3.63, 3.8) is 0 Å². The zero-order valence-corrected chi connectivity index (χ0v) is 13.3. The number of aliphatic imine (C=N–C) groups is 1. The van der Waals surface area contributed by atoms with Gasteiger partial charge in [0.1, 0.15) is 5.82 Å². The normalized spacial score (nSPS) is 11.9. The molecule has 3 N–H and O–H groups in total. The Balaban J connectivity index is 2.59. The van der Waals surface area contributed by atoms with Gasteiger partial charge >= 0.3 is 0 Å². The van der Waals surface area contributed by atoms with Crippen LogP contribution in [0.25, 0.3) is 0 Å². The molecule has 0 aromatic heterocycles. The summed E-state index contributed by atoms with van der Waals surface area (Å²) in [5.41, 5.74) is 7.83. The first kappa shape index (κ1) is 16.8. The van der Waals surface area contributed by atoms with Crippen molar-refractivity contribution in [3.05, 3.63) is 35.1 Å². The van der Waals surface area contributed by atoms with E-state index >= 15 is 0 Å². The molecule has 0 spiro atoms. The van der Waals surface area contributed by atoms with Crippen molar-refractivity contribution < 1.29 is 4.39 Å². The zero-order valence-electron chi connectivity index (χ0n) is 12.4. The molecule has 0 radical (unpaired) electrons. The van der Waals surface area contributed by atoms with Crippen LogP contribution in [0.4, 0.5) is 4.39 Å². The third-order valence-corrected chi connectivity index (χ3v) is 3.52. The van der Waals surface area contributed by atoms with E-state index in [-0.39, 0.29) is 5.82 Å². The number of thioether (sulfide) groups is 1. The minimum Gasteiger partial charge on any atom is -0.370 e. The predicted octanol–water partition coefficient (Wildman–Crippen LogP) is 3.14. The third kappa shape index (κ3) is 6.28. The minimum atomic E-state index is -0.204. The predicted molar refractivity (Wildman–Crippen MR) is 86.4 cm³/mol. The van der Waals surface area contributed by atoms with Crippen molar-refractivity contribution in [1.82, 2.24) is 5.32 Å². The van der Waals surface area contributed by atoms with E-state index in [2.05, 4.69) is 24.2 Å². The van der Waals surface area contributed by atoms with Crippen molar-refractivity contribution in [1.29, 1.82) is 0 Å². The van der Waals surface area contributed by atoms with Crippen LogP contribution in [0.1, 0.15) is 31.4 Å². The fraction of sp³-hybridized carbons (Fsp3) is 0.533. The molecule has 1 rings (SSSR count). The van der Waals surface area contributed by atoms with Crippen LogP contribution < -0.4 is 11.1 Å². The van der Waals surface area contributed by atoms with Crippen LogP contribution in [-0.4, -0.2) is 18.8 Å². The number of halogens is 1. The number of hydrogen-bond acceptors (Lipinski definition) is 2. The molecule has 0 amide bonds. The van der Waals surface area contributed by atoms with Gasteiger partial charge in [0.15, 0.2) is 5.96 Å². The number of hydrogen-bond donors (Lipinski definition) is 2. The first-order valence-corrected chi connectivity index (χ1v) is 8.22. The van der Waals surface area contributed by atoms with Crippen molar-refractivity contribution in [2.24, 2.45) is 16.6 Å². The number of benzene rings is 1. The van der Waals surface area contributed by atoms with Crippen molar-refractivity contribution >= 4 is 17.7 Å². The summed E-state index contributed by atoms with van der Waals surface area (Å²) < 4.78 is 13.2. The van der Waals surface area contributed by atoms with Crippen LogP contribution in [0.15, 0.2) is 23.2 Å². The molecular weight excluding hydrogens is 273 g/mol. The second-order valence-corrected chi connectivity index (χ2v) is 6.02. The maximum Gasteiger partial charge on any atom is 0.188 e. The Morgan fingerprint density at radius 2 is 2.15 bits per heavy atom. The average Bonchev–Trinajstić information content (AvgIpc) is 2.37. The lowest BCUT2D eigenvalue weighted by molar-refractivity contribution is 0.576. The summed E-state index contributed by atoms with van der Waals surface area (Å²) in [5, 5.41) is 3.10. The van der Waals surface area contributed by atoms with Gasteiger partial charge in [-0.3, -0.25) is 0 Å². The average molecular weight is 297 g/mol. The highest BCUT2D eigenvalue weighted by atomic mass is 32.2. The Hall–Kier alpha value is -1.23. The Morgan fingerprint density at radius 1 is 1.40 bits per heavy atom. The molecule has 0 atom stereocenters. The Kier molecular flexibility index (Phi) is 7.44. The lowest BCUT2D eigenvalue weighted by Crippen LogP contribution is -2.32. The molecule has 20 heavy (non-hydrogen) atoms. The molecule has 0 aliphatic rings. The van der Waals surface area contributed by atoms with Crippen molar-refractivity contribution in [2.45, 2.75) is 32.6 Å². The van der Waals surface area contributed by atoms with Gasteiger partial charge in [0.05, 0.1) is 6.54 Å². The summed E-state index contributed by atoms with van der Waals surface area (Å²) in [6.07, 6.45) is 3.06. The summed E-state index contributed by atoms with van der Waals surface area (Å²) >= 11 is 1.67.